The van der Waals surface area contributed by atoms with Gasteiger partial charge in [0.1, 0.15) is 5.60 Å². The van der Waals surface area contributed by atoms with Gasteiger partial charge in [0.2, 0.25) is 0 Å². The molecule has 2 N–H and O–H groups in total. The van der Waals surface area contributed by atoms with Crippen molar-refractivity contribution >= 4 is 5.91 Å². The quantitative estimate of drug-likeness (QED) is 0.898. The number of amides is 1. The van der Waals surface area contributed by atoms with Gasteiger partial charge in [0.05, 0.1) is 0 Å². The zero-order valence-electron chi connectivity index (χ0n) is 14.0. The lowest BCUT2D eigenvalue weighted by molar-refractivity contribution is -0.140. The van der Waals surface area contributed by atoms with Crippen LogP contribution in [0, 0.1) is 0 Å². The van der Waals surface area contributed by atoms with Crippen molar-refractivity contribution in [1.82, 2.24) is 10.2 Å². The van der Waals surface area contributed by atoms with E-state index in [-0.39, 0.29) is 11.9 Å². The number of benzene rings is 1. The summed E-state index contributed by atoms with van der Waals surface area (Å²) in [5.74, 6) is -0.149. The fourth-order valence-corrected chi connectivity index (χ4v) is 3.88. The molecule has 0 bridgehead atoms. The van der Waals surface area contributed by atoms with Crippen molar-refractivity contribution in [3.8, 4) is 0 Å². The minimum absolute atomic E-state index is 0.149. The van der Waals surface area contributed by atoms with Crippen molar-refractivity contribution in [1.29, 1.82) is 0 Å². The molecule has 1 aliphatic carbocycles. The van der Waals surface area contributed by atoms with Crippen molar-refractivity contribution in [3.63, 3.8) is 0 Å². The molecule has 23 heavy (non-hydrogen) atoms. The third-order valence-corrected chi connectivity index (χ3v) is 5.55. The van der Waals surface area contributed by atoms with E-state index in [1.54, 1.807) is 0 Å². The lowest BCUT2D eigenvalue weighted by atomic mass is 9.97. The lowest BCUT2D eigenvalue weighted by Gasteiger charge is -2.37. The van der Waals surface area contributed by atoms with Gasteiger partial charge in [0.15, 0.2) is 0 Å². The van der Waals surface area contributed by atoms with Gasteiger partial charge in [0.25, 0.3) is 5.91 Å². The highest BCUT2D eigenvalue weighted by molar-refractivity contribution is 5.85. The Balaban J connectivity index is 1.49. The topological polar surface area (TPSA) is 52.6 Å². The smallest absolute Gasteiger partial charge is 0.252 e. The van der Waals surface area contributed by atoms with Crippen LogP contribution in [0.2, 0.25) is 0 Å². The van der Waals surface area contributed by atoms with Crippen LogP contribution in [0.4, 0.5) is 0 Å². The van der Waals surface area contributed by atoms with E-state index in [0.717, 1.165) is 38.8 Å². The Morgan fingerprint density at radius 1 is 1.22 bits per heavy atom. The summed E-state index contributed by atoms with van der Waals surface area (Å²) in [4.78, 5) is 14.8. The van der Waals surface area contributed by atoms with Gasteiger partial charge in [-0.1, -0.05) is 30.3 Å². The SMILES string of the molecule is CC(c1ccccc1)N1CCC(NC(=O)C2(O)CCCC2)CC1. The number of nitrogens with zero attached hydrogens (tertiary/aromatic N) is 1. The lowest BCUT2D eigenvalue weighted by Crippen LogP contribution is -2.52. The van der Waals surface area contributed by atoms with Crippen LogP contribution in [-0.4, -0.2) is 40.6 Å². The highest BCUT2D eigenvalue weighted by atomic mass is 16.3. The summed E-state index contributed by atoms with van der Waals surface area (Å²) < 4.78 is 0. The van der Waals surface area contributed by atoms with Gasteiger partial charge in [-0.05, 0) is 51.0 Å². The molecule has 0 aromatic heterocycles. The number of carbonyl (C=O) groups excluding carboxylic acids is 1. The molecule has 4 nitrogen and oxygen atoms in total. The van der Waals surface area contributed by atoms with E-state index in [1.165, 1.54) is 5.56 Å². The second-order valence-corrected chi connectivity index (χ2v) is 7.11. The van der Waals surface area contributed by atoms with Crippen LogP contribution < -0.4 is 5.32 Å². The Hall–Kier alpha value is -1.39. The van der Waals surface area contributed by atoms with Crippen molar-refractivity contribution in [2.24, 2.45) is 0 Å². The standard InChI is InChI=1S/C19H28N2O2/c1-15(16-7-3-2-4-8-16)21-13-9-17(10-14-21)20-18(22)19(23)11-5-6-12-19/h2-4,7-8,15,17,23H,5-6,9-14H2,1H3,(H,20,22). The fraction of sp³-hybridized carbons (Fsp3) is 0.632. The van der Waals surface area contributed by atoms with Crippen LogP contribution >= 0.6 is 0 Å². The molecule has 4 heteroatoms. The molecule has 0 spiro atoms. The maximum absolute atomic E-state index is 12.3. The summed E-state index contributed by atoms with van der Waals surface area (Å²) in [6.45, 7) is 4.22. The molecule has 1 unspecified atom stereocenters. The van der Waals surface area contributed by atoms with Crippen molar-refractivity contribution in [2.45, 2.75) is 63.1 Å². The molecule has 1 aromatic rings. The Labute approximate surface area is 138 Å². The predicted octanol–water partition coefficient (Wildman–Crippen LogP) is 2.63. The van der Waals surface area contributed by atoms with E-state index >= 15 is 0 Å². The summed E-state index contributed by atoms with van der Waals surface area (Å²) in [7, 11) is 0. The number of hydrogen-bond acceptors (Lipinski definition) is 3. The summed E-state index contributed by atoms with van der Waals surface area (Å²) in [6.07, 6.45) is 5.05. The third kappa shape index (κ3) is 3.75. The Morgan fingerprint density at radius 3 is 2.43 bits per heavy atom. The first-order chi connectivity index (χ1) is 11.1. The Kier molecular flexibility index (Phi) is 5.02. The van der Waals surface area contributed by atoms with Crippen LogP contribution in [0.5, 0.6) is 0 Å². The van der Waals surface area contributed by atoms with Gasteiger partial charge in [-0.25, -0.2) is 0 Å². The van der Waals surface area contributed by atoms with Gasteiger partial charge in [-0.3, -0.25) is 9.69 Å². The maximum Gasteiger partial charge on any atom is 0.252 e. The van der Waals surface area contributed by atoms with Crippen molar-refractivity contribution in [3.05, 3.63) is 35.9 Å². The average Bonchev–Trinajstić information content (AvgIpc) is 3.04. The Bertz CT molecular complexity index is 517. The largest absolute Gasteiger partial charge is 0.380 e. The van der Waals surface area contributed by atoms with E-state index in [9.17, 15) is 9.90 Å². The molecule has 1 amide bonds. The van der Waals surface area contributed by atoms with E-state index in [2.05, 4.69) is 41.4 Å². The van der Waals surface area contributed by atoms with Gasteiger partial charge in [-0.2, -0.15) is 0 Å². The van der Waals surface area contributed by atoms with E-state index in [0.29, 0.717) is 18.9 Å². The number of carbonyl (C=O) groups is 1. The van der Waals surface area contributed by atoms with E-state index < -0.39 is 5.60 Å². The molecule has 126 valence electrons. The zero-order valence-corrected chi connectivity index (χ0v) is 14.0. The van der Waals surface area contributed by atoms with Crippen molar-refractivity contribution in [2.75, 3.05) is 13.1 Å². The molecule has 0 radical (unpaired) electrons. The average molecular weight is 316 g/mol. The third-order valence-electron chi connectivity index (χ3n) is 5.55. The molecule has 1 heterocycles. The first kappa shape index (κ1) is 16.5. The monoisotopic (exact) mass is 316 g/mol. The molecule has 1 saturated heterocycles. The predicted molar refractivity (Wildman–Crippen MR) is 91.0 cm³/mol. The number of likely N-dealkylation sites (tertiary alicyclic amines) is 1. The molecule has 1 aliphatic heterocycles. The van der Waals surface area contributed by atoms with Gasteiger partial charge in [-0.15, -0.1) is 0 Å². The number of hydrogen-bond donors (Lipinski definition) is 2. The Morgan fingerprint density at radius 2 is 1.83 bits per heavy atom. The second kappa shape index (κ2) is 7.02. The normalized spacial score (nSPS) is 23.6. The first-order valence-corrected chi connectivity index (χ1v) is 8.91. The second-order valence-electron chi connectivity index (χ2n) is 7.11. The first-order valence-electron chi connectivity index (χ1n) is 8.91. The highest BCUT2D eigenvalue weighted by Gasteiger charge is 2.39. The molecule has 2 aliphatic rings. The summed E-state index contributed by atoms with van der Waals surface area (Å²) in [5, 5.41) is 13.4. The molecule has 3 rings (SSSR count). The fourth-order valence-electron chi connectivity index (χ4n) is 3.88. The number of nitrogens with one attached hydrogen (secondary N) is 1. The summed E-state index contributed by atoms with van der Waals surface area (Å²) in [6, 6.07) is 11.2. The van der Waals surface area contributed by atoms with E-state index in [1.807, 2.05) is 6.07 Å². The van der Waals surface area contributed by atoms with Gasteiger partial charge in [0, 0.05) is 25.2 Å². The summed E-state index contributed by atoms with van der Waals surface area (Å²) >= 11 is 0. The zero-order chi connectivity index (χ0) is 16.3. The minimum Gasteiger partial charge on any atom is -0.380 e. The molecular formula is C19H28N2O2. The molecule has 1 aromatic carbocycles. The molecule has 1 atom stereocenters. The number of aliphatic hydroxyl groups is 1. The van der Waals surface area contributed by atoms with Gasteiger partial charge < -0.3 is 10.4 Å². The van der Waals surface area contributed by atoms with Crippen LogP contribution in [0.1, 0.15) is 57.1 Å². The molecule has 2 fully saturated rings. The summed E-state index contributed by atoms with van der Waals surface area (Å²) in [5.41, 5.74) is 0.240. The van der Waals surface area contributed by atoms with Crippen LogP contribution in [-0.2, 0) is 4.79 Å². The highest BCUT2D eigenvalue weighted by Crippen LogP contribution is 2.30. The molecular weight excluding hydrogens is 288 g/mol. The molecule has 1 saturated carbocycles. The van der Waals surface area contributed by atoms with Crippen LogP contribution in [0.3, 0.4) is 0 Å². The number of rotatable bonds is 4. The maximum atomic E-state index is 12.3. The van der Waals surface area contributed by atoms with Crippen molar-refractivity contribution < 1.29 is 9.90 Å². The van der Waals surface area contributed by atoms with Crippen LogP contribution in [0.25, 0.3) is 0 Å². The van der Waals surface area contributed by atoms with E-state index in [4.69, 9.17) is 0 Å². The minimum atomic E-state index is -1.10. The van der Waals surface area contributed by atoms with Gasteiger partial charge >= 0.3 is 0 Å². The number of piperidine rings is 1. The van der Waals surface area contributed by atoms with Crippen LogP contribution in [0.15, 0.2) is 30.3 Å².